The molecule has 0 amide bonds. The fourth-order valence-corrected chi connectivity index (χ4v) is 1.65. The van der Waals surface area contributed by atoms with E-state index in [-0.39, 0.29) is 5.82 Å². The average molecular weight is 191 g/mol. The number of carbonyl (C=O) groups is 1. The van der Waals surface area contributed by atoms with Gasteiger partial charge >= 0.3 is 0 Å². The van der Waals surface area contributed by atoms with E-state index in [9.17, 15) is 9.18 Å². The molecule has 2 rings (SSSR count). The van der Waals surface area contributed by atoms with Gasteiger partial charge in [-0.15, -0.1) is 0 Å². The van der Waals surface area contributed by atoms with E-state index in [1.807, 2.05) is 11.5 Å². The van der Waals surface area contributed by atoms with Crippen molar-refractivity contribution in [1.29, 1.82) is 0 Å². The van der Waals surface area contributed by atoms with Crippen LogP contribution in [-0.4, -0.2) is 10.9 Å². The van der Waals surface area contributed by atoms with Gasteiger partial charge in [-0.2, -0.15) is 0 Å². The van der Waals surface area contributed by atoms with Crippen molar-refractivity contribution in [2.75, 3.05) is 0 Å². The van der Waals surface area contributed by atoms with Gasteiger partial charge in [0.15, 0.2) is 6.29 Å². The maximum atomic E-state index is 12.9. The van der Waals surface area contributed by atoms with Crippen molar-refractivity contribution in [2.24, 2.45) is 0 Å². The minimum atomic E-state index is -0.311. The summed E-state index contributed by atoms with van der Waals surface area (Å²) in [5.41, 5.74) is 1.44. The van der Waals surface area contributed by atoms with Gasteiger partial charge in [0, 0.05) is 29.2 Å². The SMILES string of the molecule is CCn1cc(C=O)c2cc(F)ccc21. The van der Waals surface area contributed by atoms with Gasteiger partial charge in [0.25, 0.3) is 0 Å². The lowest BCUT2D eigenvalue weighted by atomic mass is 10.2. The van der Waals surface area contributed by atoms with Crippen LogP contribution in [0.4, 0.5) is 4.39 Å². The van der Waals surface area contributed by atoms with E-state index in [4.69, 9.17) is 0 Å². The van der Waals surface area contributed by atoms with Crippen LogP contribution in [0.15, 0.2) is 24.4 Å². The van der Waals surface area contributed by atoms with E-state index in [0.717, 1.165) is 18.3 Å². The molecule has 0 aliphatic heterocycles. The normalized spacial score (nSPS) is 10.7. The number of hydrogen-bond donors (Lipinski definition) is 0. The monoisotopic (exact) mass is 191 g/mol. The standard InChI is InChI=1S/C11H10FNO/c1-2-13-6-8(7-14)10-5-9(12)3-4-11(10)13/h3-7H,2H2,1H3. The Morgan fingerprint density at radius 1 is 1.50 bits per heavy atom. The minimum absolute atomic E-state index is 0.311. The number of aryl methyl sites for hydroxylation is 1. The molecule has 0 spiro atoms. The molecule has 14 heavy (non-hydrogen) atoms. The van der Waals surface area contributed by atoms with Crippen molar-refractivity contribution in [2.45, 2.75) is 13.5 Å². The molecule has 3 heteroatoms. The molecule has 1 aromatic carbocycles. The van der Waals surface area contributed by atoms with Crippen LogP contribution in [0.3, 0.4) is 0 Å². The zero-order valence-electron chi connectivity index (χ0n) is 7.83. The second kappa shape index (κ2) is 3.25. The molecule has 0 aliphatic carbocycles. The van der Waals surface area contributed by atoms with Crippen molar-refractivity contribution in [3.8, 4) is 0 Å². The summed E-state index contributed by atoms with van der Waals surface area (Å²) in [6, 6.07) is 4.50. The molecule has 0 bridgehead atoms. The Morgan fingerprint density at radius 2 is 2.29 bits per heavy atom. The van der Waals surface area contributed by atoms with Crippen LogP contribution in [0.5, 0.6) is 0 Å². The summed E-state index contributed by atoms with van der Waals surface area (Å²) in [7, 11) is 0. The summed E-state index contributed by atoms with van der Waals surface area (Å²) < 4.78 is 14.9. The minimum Gasteiger partial charge on any atom is -0.347 e. The van der Waals surface area contributed by atoms with Crippen molar-refractivity contribution >= 4 is 17.2 Å². The Labute approximate surface area is 81.0 Å². The molecule has 1 heterocycles. The molecular weight excluding hydrogens is 181 g/mol. The van der Waals surface area contributed by atoms with E-state index in [0.29, 0.717) is 10.9 Å². The Hall–Kier alpha value is -1.64. The van der Waals surface area contributed by atoms with Crippen LogP contribution < -0.4 is 0 Å². The molecule has 0 unspecified atom stereocenters. The summed E-state index contributed by atoms with van der Waals surface area (Å²) in [6.07, 6.45) is 2.50. The van der Waals surface area contributed by atoms with Crippen LogP contribution in [-0.2, 0) is 6.54 Å². The van der Waals surface area contributed by atoms with Gasteiger partial charge in [0.1, 0.15) is 5.82 Å². The fraction of sp³-hybridized carbons (Fsp3) is 0.182. The van der Waals surface area contributed by atoms with Crippen molar-refractivity contribution in [3.05, 3.63) is 35.8 Å². The molecule has 2 nitrogen and oxygen atoms in total. The topological polar surface area (TPSA) is 22.0 Å². The van der Waals surface area contributed by atoms with Crippen LogP contribution in [0.1, 0.15) is 17.3 Å². The van der Waals surface area contributed by atoms with E-state index < -0.39 is 0 Å². The highest BCUT2D eigenvalue weighted by Crippen LogP contribution is 2.21. The lowest BCUT2D eigenvalue weighted by molar-refractivity contribution is 0.112. The first-order valence-electron chi connectivity index (χ1n) is 4.50. The molecule has 0 aliphatic rings. The third kappa shape index (κ3) is 1.21. The maximum absolute atomic E-state index is 12.9. The second-order valence-electron chi connectivity index (χ2n) is 3.15. The van der Waals surface area contributed by atoms with Gasteiger partial charge in [-0.05, 0) is 25.1 Å². The number of aldehydes is 1. The molecule has 0 saturated heterocycles. The number of nitrogens with zero attached hydrogens (tertiary/aromatic N) is 1. The van der Waals surface area contributed by atoms with Gasteiger partial charge in [-0.3, -0.25) is 4.79 Å². The lowest BCUT2D eigenvalue weighted by Crippen LogP contribution is -1.90. The van der Waals surface area contributed by atoms with E-state index in [1.54, 1.807) is 12.3 Å². The van der Waals surface area contributed by atoms with Gasteiger partial charge in [-0.25, -0.2) is 4.39 Å². The van der Waals surface area contributed by atoms with Crippen LogP contribution >= 0.6 is 0 Å². The van der Waals surface area contributed by atoms with Gasteiger partial charge in [-0.1, -0.05) is 0 Å². The second-order valence-corrected chi connectivity index (χ2v) is 3.15. The molecule has 0 radical (unpaired) electrons. The van der Waals surface area contributed by atoms with Crippen molar-refractivity contribution in [1.82, 2.24) is 4.57 Å². The number of benzene rings is 1. The zero-order chi connectivity index (χ0) is 10.1. The quantitative estimate of drug-likeness (QED) is 0.669. The Morgan fingerprint density at radius 3 is 2.93 bits per heavy atom. The van der Waals surface area contributed by atoms with E-state index >= 15 is 0 Å². The van der Waals surface area contributed by atoms with Crippen molar-refractivity contribution in [3.63, 3.8) is 0 Å². The molecule has 0 N–H and O–H groups in total. The first kappa shape index (κ1) is 8.94. The summed E-state index contributed by atoms with van der Waals surface area (Å²) in [5, 5.41) is 0.682. The molecule has 2 aromatic rings. The smallest absolute Gasteiger partial charge is 0.152 e. The Kier molecular flexibility index (Phi) is 2.08. The Bertz CT molecular complexity index is 487. The number of aromatic nitrogens is 1. The van der Waals surface area contributed by atoms with Crippen molar-refractivity contribution < 1.29 is 9.18 Å². The predicted molar refractivity (Wildman–Crippen MR) is 53.0 cm³/mol. The average Bonchev–Trinajstić information content (AvgIpc) is 2.55. The van der Waals surface area contributed by atoms with Gasteiger partial charge in [0.05, 0.1) is 0 Å². The third-order valence-corrected chi connectivity index (χ3v) is 2.34. The summed E-state index contributed by atoms with van der Waals surface area (Å²) in [5.74, 6) is -0.311. The van der Waals surface area contributed by atoms with Gasteiger partial charge < -0.3 is 4.57 Å². The molecule has 1 aromatic heterocycles. The third-order valence-electron chi connectivity index (χ3n) is 2.34. The molecule has 0 saturated carbocycles. The largest absolute Gasteiger partial charge is 0.347 e. The number of carbonyl (C=O) groups excluding carboxylic acids is 1. The first-order valence-corrected chi connectivity index (χ1v) is 4.50. The first-order chi connectivity index (χ1) is 6.76. The molecule has 0 fully saturated rings. The number of hydrogen-bond acceptors (Lipinski definition) is 1. The Balaban J connectivity index is 2.82. The van der Waals surface area contributed by atoms with Crippen LogP contribution in [0.2, 0.25) is 0 Å². The number of fused-ring (bicyclic) bond motifs is 1. The zero-order valence-corrected chi connectivity index (χ0v) is 7.83. The molecule has 0 atom stereocenters. The number of halogens is 1. The fourth-order valence-electron chi connectivity index (χ4n) is 1.65. The predicted octanol–water partition coefficient (Wildman–Crippen LogP) is 2.61. The van der Waals surface area contributed by atoms with Crippen LogP contribution in [0.25, 0.3) is 10.9 Å². The summed E-state index contributed by atoms with van der Waals surface area (Å²) >= 11 is 0. The highest BCUT2D eigenvalue weighted by Gasteiger charge is 2.07. The van der Waals surface area contributed by atoms with Crippen LogP contribution in [0, 0.1) is 5.82 Å². The highest BCUT2D eigenvalue weighted by atomic mass is 19.1. The van der Waals surface area contributed by atoms with E-state index in [2.05, 4.69) is 0 Å². The summed E-state index contributed by atoms with van der Waals surface area (Å²) in [6.45, 7) is 2.76. The van der Waals surface area contributed by atoms with Gasteiger partial charge in [0.2, 0.25) is 0 Å². The lowest BCUT2D eigenvalue weighted by Gasteiger charge is -1.98. The highest BCUT2D eigenvalue weighted by molar-refractivity contribution is 5.97. The number of rotatable bonds is 2. The molecule has 72 valence electrons. The molecular formula is C11H10FNO. The maximum Gasteiger partial charge on any atom is 0.152 e. The van der Waals surface area contributed by atoms with E-state index in [1.165, 1.54) is 12.1 Å². The summed E-state index contributed by atoms with van der Waals surface area (Å²) in [4.78, 5) is 10.7.